The second-order valence-electron chi connectivity index (χ2n) is 3.48. The lowest BCUT2D eigenvalue weighted by Crippen LogP contribution is -1.91. The molecule has 1 heterocycles. The summed E-state index contributed by atoms with van der Waals surface area (Å²) in [4.78, 5) is 6.52. The fourth-order valence-electron chi connectivity index (χ4n) is 1.48. The Balaban J connectivity index is 2.36. The quantitative estimate of drug-likeness (QED) is 0.442. The SMILES string of the molecule is [N-]=[N+]=Nc1ccc(-c2cccc(C(F)F)n2)cc1. The summed E-state index contributed by atoms with van der Waals surface area (Å²) in [6.07, 6.45) is -2.59. The van der Waals surface area contributed by atoms with Gasteiger partial charge in [0.25, 0.3) is 6.43 Å². The molecule has 1 aromatic heterocycles. The number of nitrogens with zero attached hydrogens (tertiary/aromatic N) is 4. The molecule has 90 valence electrons. The maximum Gasteiger partial charge on any atom is 0.280 e. The highest BCUT2D eigenvalue weighted by Crippen LogP contribution is 2.24. The number of azide groups is 1. The summed E-state index contributed by atoms with van der Waals surface area (Å²) in [5.41, 5.74) is 9.62. The Morgan fingerprint density at radius 2 is 1.83 bits per heavy atom. The molecule has 2 aromatic rings. The predicted octanol–water partition coefficient (Wildman–Crippen LogP) is 4.63. The third kappa shape index (κ3) is 2.61. The Morgan fingerprint density at radius 1 is 1.11 bits per heavy atom. The Morgan fingerprint density at radius 3 is 2.44 bits per heavy atom. The fraction of sp³-hybridized carbons (Fsp3) is 0.0833. The van der Waals surface area contributed by atoms with Crippen LogP contribution < -0.4 is 0 Å². The van der Waals surface area contributed by atoms with Gasteiger partial charge in [-0.25, -0.2) is 13.8 Å². The van der Waals surface area contributed by atoms with Crippen molar-refractivity contribution in [3.8, 4) is 11.3 Å². The van der Waals surface area contributed by atoms with Crippen molar-refractivity contribution in [3.05, 3.63) is 58.6 Å². The first-order valence-corrected chi connectivity index (χ1v) is 5.11. The van der Waals surface area contributed by atoms with E-state index in [0.717, 1.165) is 0 Å². The van der Waals surface area contributed by atoms with Crippen molar-refractivity contribution in [2.75, 3.05) is 0 Å². The molecule has 4 nitrogen and oxygen atoms in total. The van der Waals surface area contributed by atoms with Crippen molar-refractivity contribution in [1.82, 2.24) is 4.98 Å². The van der Waals surface area contributed by atoms with Crippen LogP contribution in [0.15, 0.2) is 47.6 Å². The highest BCUT2D eigenvalue weighted by Gasteiger charge is 2.09. The fourth-order valence-corrected chi connectivity index (χ4v) is 1.48. The minimum Gasteiger partial charge on any atom is -0.247 e. The third-order valence-electron chi connectivity index (χ3n) is 2.32. The number of benzene rings is 1. The normalized spacial score (nSPS) is 10.2. The molecule has 6 heteroatoms. The summed E-state index contributed by atoms with van der Waals surface area (Å²) in [5, 5.41) is 3.43. The smallest absolute Gasteiger partial charge is 0.247 e. The summed E-state index contributed by atoms with van der Waals surface area (Å²) in [6, 6.07) is 11.0. The molecule has 0 aliphatic heterocycles. The molecule has 0 spiro atoms. The van der Waals surface area contributed by atoms with Crippen molar-refractivity contribution in [1.29, 1.82) is 0 Å². The number of hydrogen-bond acceptors (Lipinski definition) is 2. The van der Waals surface area contributed by atoms with Crippen molar-refractivity contribution in [2.24, 2.45) is 5.11 Å². The van der Waals surface area contributed by atoms with E-state index in [1.165, 1.54) is 12.1 Å². The first-order chi connectivity index (χ1) is 8.70. The lowest BCUT2D eigenvalue weighted by Gasteiger charge is -2.04. The molecule has 1 aromatic carbocycles. The molecular formula is C12H8F2N4. The summed E-state index contributed by atoms with van der Waals surface area (Å²) in [7, 11) is 0. The predicted molar refractivity (Wildman–Crippen MR) is 63.4 cm³/mol. The van der Waals surface area contributed by atoms with Crippen LogP contribution in [0.4, 0.5) is 14.5 Å². The minimum absolute atomic E-state index is 0.258. The summed E-state index contributed by atoms with van der Waals surface area (Å²) >= 11 is 0. The summed E-state index contributed by atoms with van der Waals surface area (Å²) in [5.74, 6) is 0. The first-order valence-electron chi connectivity index (χ1n) is 5.11. The highest BCUT2D eigenvalue weighted by molar-refractivity contribution is 5.61. The Kier molecular flexibility index (Phi) is 3.50. The van der Waals surface area contributed by atoms with Crippen LogP contribution in [-0.2, 0) is 0 Å². The van der Waals surface area contributed by atoms with Crippen LogP contribution in [0.2, 0.25) is 0 Å². The van der Waals surface area contributed by atoms with Crippen molar-refractivity contribution < 1.29 is 8.78 Å². The molecule has 0 saturated carbocycles. The second kappa shape index (κ2) is 5.25. The maximum atomic E-state index is 12.5. The number of alkyl halides is 2. The molecule has 0 bridgehead atoms. The van der Waals surface area contributed by atoms with E-state index in [1.54, 1.807) is 30.3 Å². The van der Waals surface area contributed by atoms with E-state index in [-0.39, 0.29) is 5.69 Å². The molecule has 0 unspecified atom stereocenters. The van der Waals surface area contributed by atoms with Gasteiger partial charge in [0.2, 0.25) is 0 Å². The van der Waals surface area contributed by atoms with Crippen LogP contribution in [0.1, 0.15) is 12.1 Å². The van der Waals surface area contributed by atoms with Crippen LogP contribution in [-0.4, -0.2) is 4.98 Å². The number of halogens is 2. The average Bonchev–Trinajstić information content (AvgIpc) is 2.40. The molecule has 0 fully saturated rings. The molecular weight excluding hydrogens is 238 g/mol. The van der Waals surface area contributed by atoms with Gasteiger partial charge in [0, 0.05) is 16.2 Å². The van der Waals surface area contributed by atoms with Crippen molar-refractivity contribution >= 4 is 5.69 Å². The van der Waals surface area contributed by atoms with Crippen LogP contribution >= 0.6 is 0 Å². The molecule has 0 radical (unpaired) electrons. The van der Waals surface area contributed by atoms with E-state index in [1.807, 2.05) is 0 Å². The van der Waals surface area contributed by atoms with Crippen LogP contribution in [0.25, 0.3) is 21.7 Å². The van der Waals surface area contributed by atoms with Crippen LogP contribution in [0.3, 0.4) is 0 Å². The number of aromatic nitrogens is 1. The largest absolute Gasteiger partial charge is 0.280 e. The van der Waals surface area contributed by atoms with E-state index in [0.29, 0.717) is 16.9 Å². The van der Waals surface area contributed by atoms with Gasteiger partial charge in [0.05, 0.1) is 5.69 Å². The van der Waals surface area contributed by atoms with Crippen molar-refractivity contribution in [3.63, 3.8) is 0 Å². The van der Waals surface area contributed by atoms with E-state index < -0.39 is 6.43 Å². The zero-order valence-corrected chi connectivity index (χ0v) is 9.16. The molecule has 2 rings (SSSR count). The zero-order chi connectivity index (χ0) is 13.0. The van der Waals surface area contributed by atoms with Gasteiger partial charge in [-0.2, -0.15) is 0 Å². The number of rotatable bonds is 3. The second-order valence-corrected chi connectivity index (χ2v) is 3.48. The van der Waals surface area contributed by atoms with Gasteiger partial charge in [-0.15, -0.1) is 0 Å². The lowest BCUT2D eigenvalue weighted by atomic mass is 10.1. The van der Waals surface area contributed by atoms with Gasteiger partial charge < -0.3 is 0 Å². The van der Waals surface area contributed by atoms with Crippen LogP contribution in [0, 0.1) is 0 Å². The van der Waals surface area contributed by atoms with Crippen molar-refractivity contribution in [2.45, 2.75) is 6.43 Å². The topological polar surface area (TPSA) is 61.7 Å². The van der Waals surface area contributed by atoms with Gasteiger partial charge in [-0.3, -0.25) is 0 Å². The highest BCUT2D eigenvalue weighted by atomic mass is 19.3. The first kappa shape index (κ1) is 12.0. The van der Waals surface area contributed by atoms with E-state index in [4.69, 9.17) is 5.53 Å². The third-order valence-corrected chi connectivity index (χ3v) is 2.32. The molecule has 0 atom stereocenters. The van der Waals surface area contributed by atoms with Gasteiger partial charge in [0.1, 0.15) is 5.69 Å². The van der Waals surface area contributed by atoms with Gasteiger partial charge in [0.15, 0.2) is 0 Å². The Hall–Kier alpha value is -2.46. The molecule has 0 amide bonds. The average molecular weight is 246 g/mol. The van der Waals surface area contributed by atoms with E-state index in [9.17, 15) is 8.78 Å². The lowest BCUT2D eigenvalue weighted by molar-refractivity contribution is 0.146. The Labute approximate surface area is 102 Å². The molecule has 0 saturated heterocycles. The van der Waals surface area contributed by atoms with Gasteiger partial charge in [-0.05, 0) is 17.7 Å². The maximum absolute atomic E-state index is 12.5. The van der Waals surface area contributed by atoms with Crippen LogP contribution in [0.5, 0.6) is 0 Å². The summed E-state index contributed by atoms with van der Waals surface area (Å²) < 4.78 is 25.0. The van der Waals surface area contributed by atoms with Gasteiger partial charge >= 0.3 is 0 Å². The van der Waals surface area contributed by atoms with E-state index >= 15 is 0 Å². The molecule has 18 heavy (non-hydrogen) atoms. The summed E-state index contributed by atoms with van der Waals surface area (Å²) in [6.45, 7) is 0. The number of pyridine rings is 1. The monoisotopic (exact) mass is 246 g/mol. The molecule has 0 aliphatic rings. The minimum atomic E-state index is -2.59. The number of hydrogen-bond donors (Lipinski definition) is 0. The van der Waals surface area contributed by atoms with E-state index in [2.05, 4.69) is 15.0 Å². The molecule has 0 aliphatic carbocycles. The standard InChI is InChI=1S/C12H8F2N4/c13-12(14)11-3-1-2-10(16-11)8-4-6-9(7-5-8)17-18-15/h1-7,12H. The zero-order valence-electron chi connectivity index (χ0n) is 9.16. The molecule has 0 N–H and O–H groups in total. The van der Waals surface area contributed by atoms with Gasteiger partial charge in [-0.1, -0.05) is 35.4 Å². The Bertz CT molecular complexity index is 589.